The zero-order valence-corrected chi connectivity index (χ0v) is 19.0. The normalized spacial score (nSPS) is 21.5. The van der Waals surface area contributed by atoms with E-state index in [2.05, 4.69) is 81.9 Å². The number of benzene rings is 3. The Kier molecular flexibility index (Phi) is 5.65. The van der Waals surface area contributed by atoms with Gasteiger partial charge in [-0.25, -0.2) is 0 Å². The molecule has 5 rings (SSSR count). The van der Waals surface area contributed by atoms with Crippen LogP contribution in [0.3, 0.4) is 0 Å². The van der Waals surface area contributed by atoms with Crippen LogP contribution in [0.1, 0.15) is 42.0 Å². The van der Waals surface area contributed by atoms with Gasteiger partial charge in [0, 0.05) is 27.9 Å². The number of halogens is 1. The predicted molar refractivity (Wildman–Crippen MR) is 132 cm³/mol. The molecule has 2 aliphatic rings. The lowest BCUT2D eigenvalue weighted by Crippen LogP contribution is -2.28. The molecular weight excluding hydrogens is 448 g/mol. The molecule has 0 saturated heterocycles. The summed E-state index contributed by atoms with van der Waals surface area (Å²) in [6, 6.07) is 23.6. The minimum Gasteiger partial charge on any atom is -0.493 e. The van der Waals surface area contributed by atoms with Gasteiger partial charge in [-0.15, -0.1) is 0 Å². The summed E-state index contributed by atoms with van der Waals surface area (Å²) >= 11 is 3.53. The van der Waals surface area contributed by atoms with Crippen molar-refractivity contribution in [3.05, 3.63) is 100 Å². The zero-order chi connectivity index (χ0) is 21.2. The van der Waals surface area contributed by atoms with Crippen molar-refractivity contribution < 1.29 is 4.74 Å². The van der Waals surface area contributed by atoms with Gasteiger partial charge in [0.1, 0.15) is 5.75 Å². The van der Waals surface area contributed by atoms with Gasteiger partial charge in [0.2, 0.25) is 0 Å². The zero-order valence-electron chi connectivity index (χ0n) is 17.5. The van der Waals surface area contributed by atoms with Gasteiger partial charge >= 0.3 is 0 Å². The maximum Gasteiger partial charge on any atom is 0.128 e. The van der Waals surface area contributed by atoms with Gasteiger partial charge in [-0.3, -0.25) is 4.99 Å². The predicted octanol–water partition coefficient (Wildman–Crippen LogP) is 7.42. The molecule has 156 valence electrons. The number of aliphatic imine (C=N–C) groups is 1. The molecule has 0 aromatic heterocycles. The van der Waals surface area contributed by atoms with E-state index in [1.165, 1.54) is 16.8 Å². The van der Waals surface area contributed by atoms with Crippen LogP contribution in [0.25, 0.3) is 0 Å². The van der Waals surface area contributed by atoms with Crippen LogP contribution in [0, 0.1) is 5.92 Å². The average molecular weight is 473 g/mol. The van der Waals surface area contributed by atoms with E-state index in [1.54, 1.807) is 0 Å². The molecule has 1 N–H and O–H groups in total. The fourth-order valence-electron chi connectivity index (χ4n) is 4.69. The molecular formula is C27H25BrN2O. The van der Waals surface area contributed by atoms with Crippen LogP contribution >= 0.6 is 15.9 Å². The van der Waals surface area contributed by atoms with Gasteiger partial charge in [0.25, 0.3) is 0 Å². The summed E-state index contributed by atoms with van der Waals surface area (Å²) in [4.78, 5) is 4.69. The van der Waals surface area contributed by atoms with Crippen molar-refractivity contribution >= 4 is 33.5 Å². The number of hydrogen-bond donors (Lipinski definition) is 1. The first-order chi connectivity index (χ1) is 15.2. The highest BCUT2D eigenvalue weighted by atomic mass is 79.9. The van der Waals surface area contributed by atoms with Gasteiger partial charge in [0.05, 0.1) is 18.3 Å². The van der Waals surface area contributed by atoms with Gasteiger partial charge in [-0.1, -0.05) is 58.4 Å². The van der Waals surface area contributed by atoms with Gasteiger partial charge in [-0.05, 0) is 66.8 Å². The third kappa shape index (κ3) is 4.05. The molecule has 3 aromatic rings. The van der Waals surface area contributed by atoms with Crippen LogP contribution in [0.5, 0.6) is 5.75 Å². The lowest BCUT2D eigenvalue weighted by atomic mass is 9.77. The molecule has 0 spiro atoms. The van der Waals surface area contributed by atoms with Crippen LogP contribution in [-0.2, 0) is 0 Å². The Morgan fingerprint density at radius 2 is 1.94 bits per heavy atom. The Labute approximate surface area is 192 Å². The quantitative estimate of drug-likeness (QED) is 0.309. The van der Waals surface area contributed by atoms with Crippen molar-refractivity contribution in [3.8, 4) is 5.75 Å². The van der Waals surface area contributed by atoms with Crippen molar-refractivity contribution in [1.29, 1.82) is 0 Å². The Balaban J connectivity index is 1.38. The molecule has 4 heteroatoms. The SMILES string of the molecule is CCOc1ccc(Br)cc1C=Nc1ccc([C@@H]2Nc3ccccc3[C@@H]3C=CC[C@H]32)cc1. The first-order valence-electron chi connectivity index (χ1n) is 10.8. The molecule has 0 radical (unpaired) electrons. The fourth-order valence-corrected chi connectivity index (χ4v) is 5.07. The summed E-state index contributed by atoms with van der Waals surface area (Å²) < 4.78 is 6.73. The van der Waals surface area contributed by atoms with Crippen molar-refractivity contribution in [2.75, 3.05) is 11.9 Å². The molecule has 0 amide bonds. The summed E-state index contributed by atoms with van der Waals surface area (Å²) in [5.41, 5.74) is 5.87. The highest BCUT2D eigenvalue weighted by molar-refractivity contribution is 9.10. The van der Waals surface area contributed by atoms with E-state index in [0.717, 1.165) is 27.9 Å². The topological polar surface area (TPSA) is 33.6 Å². The minimum atomic E-state index is 0.308. The number of allylic oxidation sites excluding steroid dienone is 2. The molecule has 0 unspecified atom stereocenters. The first-order valence-corrected chi connectivity index (χ1v) is 11.6. The largest absolute Gasteiger partial charge is 0.493 e. The number of rotatable bonds is 5. The van der Waals surface area contributed by atoms with Crippen LogP contribution in [-0.4, -0.2) is 12.8 Å². The molecule has 0 fully saturated rings. The molecule has 0 saturated carbocycles. The highest BCUT2D eigenvalue weighted by Gasteiger charge is 2.37. The number of nitrogens with one attached hydrogen (secondary N) is 1. The van der Waals surface area contributed by atoms with Gasteiger partial charge < -0.3 is 10.1 Å². The lowest BCUT2D eigenvalue weighted by Gasteiger charge is -2.37. The van der Waals surface area contributed by atoms with E-state index >= 15 is 0 Å². The summed E-state index contributed by atoms with van der Waals surface area (Å²) in [5, 5.41) is 3.79. The molecule has 1 heterocycles. The van der Waals surface area contributed by atoms with Crippen LogP contribution < -0.4 is 10.1 Å². The maximum absolute atomic E-state index is 5.72. The molecule has 3 aromatic carbocycles. The van der Waals surface area contributed by atoms with E-state index in [9.17, 15) is 0 Å². The van der Waals surface area contributed by atoms with E-state index in [0.29, 0.717) is 24.5 Å². The standard InChI is InChI=1S/C27H25BrN2O/c1-2-31-26-15-12-20(28)16-19(26)17-29-21-13-10-18(11-14-21)27-24-8-5-7-22(24)23-6-3-4-9-25(23)30-27/h3-7,9-17,22,24,27,30H,2,8H2,1H3/t22-,24+,27-/m0/s1. The third-order valence-electron chi connectivity index (χ3n) is 6.15. The highest BCUT2D eigenvalue weighted by Crippen LogP contribution is 2.49. The van der Waals surface area contributed by atoms with Gasteiger partial charge in [0.15, 0.2) is 0 Å². The Morgan fingerprint density at radius 1 is 1.10 bits per heavy atom. The number of hydrogen-bond acceptors (Lipinski definition) is 3. The lowest BCUT2D eigenvalue weighted by molar-refractivity contribution is 0.339. The molecule has 3 atom stereocenters. The fraction of sp³-hybridized carbons (Fsp3) is 0.222. The van der Waals surface area contributed by atoms with E-state index in [-0.39, 0.29) is 0 Å². The Hall–Kier alpha value is -2.85. The summed E-state index contributed by atoms with van der Waals surface area (Å²) in [7, 11) is 0. The summed E-state index contributed by atoms with van der Waals surface area (Å²) in [6.07, 6.45) is 7.69. The average Bonchev–Trinajstić information content (AvgIpc) is 3.29. The van der Waals surface area contributed by atoms with Gasteiger partial charge in [-0.2, -0.15) is 0 Å². The minimum absolute atomic E-state index is 0.308. The van der Waals surface area contributed by atoms with Crippen molar-refractivity contribution in [2.45, 2.75) is 25.3 Å². The smallest absolute Gasteiger partial charge is 0.128 e. The van der Waals surface area contributed by atoms with E-state index < -0.39 is 0 Å². The number of fused-ring (bicyclic) bond motifs is 3. The summed E-state index contributed by atoms with van der Waals surface area (Å²) in [6.45, 7) is 2.62. The van der Waals surface area contributed by atoms with Crippen LogP contribution in [0.2, 0.25) is 0 Å². The number of para-hydroxylation sites is 1. The van der Waals surface area contributed by atoms with Crippen LogP contribution in [0.4, 0.5) is 11.4 Å². The second-order valence-electron chi connectivity index (χ2n) is 8.03. The molecule has 1 aliphatic carbocycles. The molecule has 1 aliphatic heterocycles. The maximum atomic E-state index is 5.72. The second kappa shape index (κ2) is 8.72. The van der Waals surface area contributed by atoms with E-state index in [1.807, 2.05) is 31.3 Å². The number of ether oxygens (including phenoxy) is 1. The van der Waals surface area contributed by atoms with Crippen molar-refractivity contribution in [3.63, 3.8) is 0 Å². The Morgan fingerprint density at radius 3 is 2.77 bits per heavy atom. The monoisotopic (exact) mass is 472 g/mol. The van der Waals surface area contributed by atoms with E-state index in [4.69, 9.17) is 9.73 Å². The first kappa shape index (κ1) is 20.1. The third-order valence-corrected chi connectivity index (χ3v) is 6.64. The second-order valence-corrected chi connectivity index (χ2v) is 8.94. The van der Waals surface area contributed by atoms with Crippen LogP contribution in [0.15, 0.2) is 88.3 Å². The molecule has 31 heavy (non-hydrogen) atoms. The Bertz CT molecular complexity index is 1140. The van der Waals surface area contributed by atoms with Crippen molar-refractivity contribution in [1.82, 2.24) is 0 Å². The van der Waals surface area contributed by atoms with Crippen molar-refractivity contribution in [2.24, 2.45) is 10.9 Å². The summed E-state index contributed by atoms with van der Waals surface area (Å²) in [5.74, 6) is 1.89. The number of nitrogens with zero attached hydrogens (tertiary/aromatic N) is 1. The molecule has 0 bridgehead atoms. The number of anilines is 1. The molecule has 3 nitrogen and oxygen atoms in total.